The van der Waals surface area contributed by atoms with Crippen LogP contribution < -0.4 is 10.2 Å². The van der Waals surface area contributed by atoms with Crippen molar-refractivity contribution in [2.24, 2.45) is 0 Å². The number of nitrogens with zero attached hydrogens (tertiary/aromatic N) is 2. The molecule has 2 aromatic carbocycles. The van der Waals surface area contributed by atoms with Crippen molar-refractivity contribution in [1.29, 1.82) is 0 Å². The van der Waals surface area contributed by atoms with Gasteiger partial charge in [-0.3, -0.25) is 14.4 Å². The summed E-state index contributed by atoms with van der Waals surface area (Å²) in [4.78, 5) is 42.7. The lowest BCUT2D eigenvalue weighted by Crippen LogP contribution is -2.29. The molecule has 3 amide bonds. The summed E-state index contributed by atoms with van der Waals surface area (Å²) in [6.07, 6.45) is 0. The van der Waals surface area contributed by atoms with E-state index in [2.05, 4.69) is 10.3 Å². The third-order valence-corrected chi connectivity index (χ3v) is 4.70. The van der Waals surface area contributed by atoms with Crippen LogP contribution in [0.5, 0.6) is 0 Å². The number of pyridine rings is 1. The van der Waals surface area contributed by atoms with Gasteiger partial charge >= 0.3 is 0 Å². The topological polar surface area (TPSA) is 79.4 Å². The fourth-order valence-electron chi connectivity index (χ4n) is 2.91. The molecule has 0 aliphatic carbocycles. The number of nitrogens with one attached hydrogen (secondary N) is 1. The predicted molar refractivity (Wildman–Crippen MR) is 106 cm³/mol. The van der Waals surface area contributed by atoms with Gasteiger partial charge in [-0.2, -0.15) is 0 Å². The minimum atomic E-state index is -0.563. The fourth-order valence-corrected chi connectivity index (χ4v) is 3.25. The Bertz CT molecular complexity index is 1110. The number of fused-ring (bicyclic) bond motifs is 1. The fraction of sp³-hybridized carbons (Fsp3) is 0. The Hall–Kier alpha value is -3.22. The Morgan fingerprint density at radius 2 is 1.57 bits per heavy atom. The smallest absolute Gasteiger partial charge is 0.275 e. The average Bonchev–Trinajstić information content (AvgIpc) is 2.95. The maximum Gasteiger partial charge on any atom is 0.275 e. The molecule has 0 unspecified atom stereocenters. The van der Waals surface area contributed by atoms with Crippen LogP contribution in [0, 0.1) is 0 Å². The second kappa shape index (κ2) is 7.07. The molecule has 4 rings (SSSR count). The highest BCUT2D eigenvalue weighted by Crippen LogP contribution is 2.30. The Morgan fingerprint density at radius 3 is 2.25 bits per heavy atom. The number of amides is 3. The molecule has 28 heavy (non-hydrogen) atoms. The SMILES string of the molecule is O=C(Nc1cccc(N2C(=O)c3ccccc3C2=O)c1)c1nc(Cl)ccc1Cl. The number of hydrogen-bond acceptors (Lipinski definition) is 4. The zero-order chi connectivity index (χ0) is 19.8. The van der Waals surface area contributed by atoms with E-state index in [-0.39, 0.29) is 15.9 Å². The highest BCUT2D eigenvalue weighted by molar-refractivity contribution is 6.35. The molecule has 1 aromatic heterocycles. The standard InChI is InChI=1S/C20H11Cl2N3O3/c21-15-8-9-16(22)24-17(15)18(26)23-11-4-3-5-12(10-11)25-19(27)13-6-1-2-7-14(13)20(25)28/h1-10H,(H,23,26). The van der Waals surface area contributed by atoms with E-state index in [1.807, 2.05) is 0 Å². The number of rotatable bonds is 3. The molecule has 1 N–H and O–H groups in total. The van der Waals surface area contributed by atoms with Crippen molar-refractivity contribution in [2.75, 3.05) is 10.2 Å². The molecule has 6 nitrogen and oxygen atoms in total. The van der Waals surface area contributed by atoms with Crippen LogP contribution in [0.3, 0.4) is 0 Å². The molecule has 0 spiro atoms. The van der Waals surface area contributed by atoms with Gasteiger partial charge in [-0.25, -0.2) is 9.88 Å². The second-order valence-electron chi connectivity index (χ2n) is 5.96. The van der Waals surface area contributed by atoms with Crippen LogP contribution in [0.1, 0.15) is 31.2 Å². The van der Waals surface area contributed by atoms with E-state index >= 15 is 0 Å². The Morgan fingerprint density at radius 1 is 0.893 bits per heavy atom. The minimum absolute atomic E-state index is 0.0275. The molecule has 0 fully saturated rings. The van der Waals surface area contributed by atoms with Gasteiger partial charge in [0.15, 0.2) is 0 Å². The zero-order valence-electron chi connectivity index (χ0n) is 14.1. The number of anilines is 2. The Labute approximate surface area is 169 Å². The van der Waals surface area contributed by atoms with Crippen LogP contribution in [0.2, 0.25) is 10.2 Å². The van der Waals surface area contributed by atoms with Gasteiger partial charge in [0.2, 0.25) is 0 Å². The summed E-state index contributed by atoms with van der Waals surface area (Å²) in [5, 5.41) is 2.93. The van der Waals surface area contributed by atoms with Crippen LogP contribution >= 0.6 is 23.2 Å². The summed E-state index contributed by atoms with van der Waals surface area (Å²) in [5.41, 5.74) is 1.38. The van der Waals surface area contributed by atoms with Crippen LogP contribution in [0.25, 0.3) is 0 Å². The molecule has 138 valence electrons. The van der Waals surface area contributed by atoms with Crippen molar-refractivity contribution in [3.8, 4) is 0 Å². The first-order valence-electron chi connectivity index (χ1n) is 8.17. The van der Waals surface area contributed by atoms with Gasteiger partial charge in [-0.1, -0.05) is 41.4 Å². The number of carbonyl (C=O) groups excluding carboxylic acids is 3. The normalized spacial score (nSPS) is 12.9. The van der Waals surface area contributed by atoms with Gasteiger partial charge in [0.25, 0.3) is 17.7 Å². The van der Waals surface area contributed by atoms with Crippen LogP contribution in [-0.2, 0) is 0 Å². The van der Waals surface area contributed by atoms with E-state index in [1.165, 1.54) is 18.2 Å². The third-order valence-electron chi connectivity index (χ3n) is 4.18. The lowest BCUT2D eigenvalue weighted by atomic mass is 10.1. The van der Waals surface area contributed by atoms with Crippen LogP contribution in [0.4, 0.5) is 11.4 Å². The average molecular weight is 412 g/mol. The number of halogens is 2. The molecule has 1 aliphatic rings. The summed E-state index contributed by atoms with van der Waals surface area (Å²) in [6.45, 7) is 0. The van der Waals surface area contributed by atoms with Crippen molar-refractivity contribution in [3.63, 3.8) is 0 Å². The van der Waals surface area contributed by atoms with E-state index in [1.54, 1.807) is 42.5 Å². The van der Waals surface area contributed by atoms with Crippen molar-refractivity contribution < 1.29 is 14.4 Å². The highest BCUT2D eigenvalue weighted by atomic mass is 35.5. The second-order valence-corrected chi connectivity index (χ2v) is 6.75. The van der Waals surface area contributed by atoms with Crippen LogP contribution in [-0.4, -0.2) is 22.7 Å². The number of carbonyl (C=O) groups is 3. The van der Waals surface area contributed by atoms with Gasteiger partial charge < -0.3 is 5.32 Å². The number of hydrogen-bond donors (Lipinski definition) is 1. The van der Waals surface area contributed by atoms with Gasteiger partial charge in [0.1, 0.15) is 10.8 Å². The van der Waals surface area contributed by atoms with Crippen molar-refractivity contribution in [2.45, 2.75) is 0 Å². The highest BCUT2D eigenvalue weighted by Gasteiger charge is 2.36. The molecule has 0 atom stereocenters. The largest absolute Gasteiger partial charge is 0.321 e. The lowest BCUT2D eigenvalue weighted by Gasteiger charge is -2.15. The Balaban J connectivity index is 1.63. The predicted octanol–water partition coefficient (Wildman–Crippen LogP) is 4.44. The minimum Gasteiger partial charge on any atom is -0.321 e. The molecule has 2 heterocycles. The van der Waals surface area contributed by atoms with Crippen LogP contribution in [0.15, 0.2) is 60.7 Å². The maximum atomic E-state index is 12.6. The molecule has 0 bridgehead atoms. The van der Waals surface area contributed by atoms with Gasteiger partial charge in [-0.05, 0) is 42.5 Å². The first kappa shape index (κ1) is 18.2. The van der Waals surface area contributed by atoms with E-state index in [4.69, 9.17) is 23.2 Å². The van der Waals surface area contributed by atoms with Crippen molar-refractivity contribution in [3.05, 3.63) is 87.7 Å². The summed E-state index contributed by atoms with van der Waals surface area (Å²) in [7, 11) is 0. The zero-order valence-corrected chi connectivity index (χ0v) is 15.7. The number of benzene rings is 2. The van der Waals surface area contributed by atoms with E-state index in [9.17, 15) is 14.4 Å². The molecule has 8 heteroatoms. The Kier molecular flexibility index (Phi) is 4.58. The first-order valence-corrected chi connectivity index (χ1v) is 8.92. The number of aromatic nitrogens is 1. The first-order chi connectivity index (χ1) is 13.5. The molecule has 3 aromatic rings. The number of imide groups is 1. The van der Waals surface area contributed by atoms with Gasteiger partial charge in [0, 0.05) is 5.69 Å². The molecule has 1 aliphatic heterocycles. The van der Waals surface area contributed by atoms with Gasteiger partial charge in [-0.15, -0.1) is 0 Å². The third kappa shape index (κ3) is 3.13. The lowest BCUT2D eigenvalue weighted by molar-refractivity contribution is 0.0925. The quantitative estimate of drug-likeness (QED) is 0.510. The summed E-state index contributed by atoms with van der Waals surface area (Å²) in [5.74, 6) is -1.39. The molecule has 0 radical (unpaired) electrons. The van der Waals surface area contributed by atoms with E-state index < -0.39 is 17.7 Å². The molecular formula is C20H11Cl2N3O3. The van der Waals surface area contributed by atoms with E-state index in [0.717, 1.165) is 4.90 Å². The van der Waals surface area contributed by atoms with E-state index in [0.29, 0.717) is 22.5 Å². The molecule has 0 saturated heterocycles. The summed E-state index contributed by atoms with van der Waals surface area (Å²) >= 11 is 11.8. The monoisotopic (exact) mass is 411 g/mol. The molecular weight excluding hydrogens is 401 g/mol. The molecule has 0 saturated carbocycles. The van der Waals surface area contributed by atoms with Crippen molar-refractivity contribution in [1.82, 2.24) is 4.98 Å². The maximum absolute atomic E-state index is 12.6. The van der Waals surface area contributed by atoms with Crippen molar-refractivity contribution >= 4 is 52.3 Å². The summed E-state index contributed by atoms with van der Waals surface area (Å²) in [6, 6.07) is 15.9. The van der Waals surface area contributed by atoms with Gasteiger partial charge in [0.05, 0.1) is 21.8 Å². The summed E-state index contributed by atoms with van der Waals surface area (Å²) < 4.78 is 0.